The predicted octanol–water partition coefficient (Wildman–Crippen LogP) is 4.31. The molecule has 1 N–H and O–H groups in total. The SMILES string of the molecule is CC(Nc1cc(Cl)nc(C2CC2)n1)c1cccc(N2CCCC2=O)c1. The summed E-state index contributed by atoms with van der Waals surface area (Å²) in [7, 11) is 0. The Hall–Kier alpha value is -2.14. The quantitative estimate of drug-likeness (QED) is 0.811. The van der Waals surface area contributed by atoms with Crippen molar-refractivity contribution in [2.75, 3.05) is 16.8 Å². The minimum atomic E-state index is 0.0516. The van der Waals surface area contributed by atoms with Gasteiger partial charge in [-0.3, -0.25) is 4.79 Å². The highest BCUT2D eigenvalue weighted by molar-refractivity contribution is 6.29. The van der Waals surface area contributed by atoms with E-state index in [9.17, 15) is 4.79 Å². The second-order valence-corrected chi connectivity index (χ2v) is 7.21. The number of nitrogens with zero attached hydrogens (tertiary/aromatic N) is 3. The van der Waals surface area contributed by atoms with Gasteiger partial charge in [-0.2, -0.15) is 0 Å². The molecule has 2 aliphatic rings. The fourth-order valence-electron chi connectivity index (χ4n) is 3.22. The number of benzene rings is 1. The molecule has 2 aromatic rings. The summed E-state index contributed by atoms with van der Waals surface area (Å²) in [4.78, 5) is 22.8. The van der Waals surface area contributed by atoms with Crippen molar-refractivity contribution < 1.29 is 4.79 Å². The van der Waals surface area contributed by atoms with Gasteiger partial charge in [0.1, 0.15) is 16.8 Å². The van der Waals surface area contributed by atoms with Crippen LogP contribution in [-0.4, -0.2) is 22.4 Å². The van der Waals surface area contributed by atoms with Crippen molar-refractivity contribution in [1.82, 2.24) is 9.97 Å². The summed E-state index contributed by atoms with van der Waals surface area (Å²) < 4.78 is 0. The molecule has 1 saturated heterocycles. The Labute approximate surface area is 152 Å². The molecular formula is C19H21ClN4O. The van der Waals surface area contributed by atoms with Crippen molar-refractivity contribution in [2.45, 2.75) is 44.6 Å². The zero-order chi connectivity index (χ0) is 17.4. The molecule has 2 fully saturated rings. The van der Waals surface area contributed by atoms with Crippen LogP contribution in [-0.2, 0) is 4.79 Å². The topological polar surface area (TPSA) is 58.1 Å². The number of hydrogen-bond donors (Lipinski definition) is 1. The summed E-state index contributed by atoms with van der Waals surface area (Å²) >= 11 is 6.14. The maximum absolute atomic E-state index is 12.0. The van der Waals surface area contributed by atoms with Gasteiger partial charge in [0.25, 0.3) is 0 Å². The van der Waals surface area contributed by atoms with E-state index in [4.69, 9.17) is 11.6 Å². The number of carbonyl (C=O) groups is 1. The zero-order valence-corrected chi connectivity index (χ0v) is 15.0. The lowest BCUT2D eigenvalue weighted by atomic mass is 10.1. The third-order valence-electron chi connectivity index (χ3n) is 4.77. The molecule has 1 aliphatic carbocycles. The number of halogens is 1. The molecule has 1 amide bonds. The number of aromatic nitrogens is 2. The lowest BCUT2D eigenvalue weighted by Gasteiger charge is -2.20. The average molecular weight is 357 g/mol. The summed E-state index contributed by atoms with van der Waals surface area (Å²) in [6.07, 6.45) is 3.85. The van der Waals surface area contributed by atoms with Crippen LogP contribution in [0.1, 0.15) is 56.0 Å². The Morgan fingerprint density at radius 2 is 2.12 bits per heavy atom. The standard InChI is InChI=1S/C19H21ClN4O/c1-12(21-17-11-16(20)22-19(23-17)13-7-8-13)14-4-2-5-15(10-14)24-9-3-6-18(24)25/h2,4-5,10-13H,3,6-9H2,1H3,(H,21,22,23). The Morgan fingerprint density at radius 1 is 1.28 bits per heavy atom. The molecule has 25 heavy (non-hydrogen) atoms. The first kappa shape index (κ1) is 16.3. The third-order valence-corrected chi connectivity index (χ3v) is 4.97. The maximum atomic E-state index is 12.0. The molecule has 1 atom stereocenters. The fourth-order valence-corrected chi connectivity index (χ4v) is 3.41. The van der Waals surface area contributed by atoms with Gasteiger partial charge < -0.3 is 10.2 Å². The van der Waals surface area contributed by atoms with Crippen LogP contribution in [0.5, 0.6) is 0 Å². The molecule has 2 heterocycles. The Balaban J connectivity index is 1.53. The first-order chi connectivity index (χ1) is 12.1. The van der Waals surface area contributed by atoms with Gasteiger partial charge >= 0.3 is 0 Å². The van der Waals surface area contributed by atoms with Crippen molar-refractivity contribution >= 4 is 29.0 Å². The van der Waals surface area contributed by atoms with Gasteiger partial charge in [0.15, 0.2) is 0 Å². The number of amides is 1. The highest BCUT2D eigenvalue weighted by Crippen LogP contribution is 2.39. The molecule has 0 spiro atoms. The summed E-state index contributed by atoms with van der Waals surface area (Å²) in [5.41, 5.74) is 2.08. The van der Waals surface area contributed by atoms with E-state index >= 15 is 0 Å². The van der Waals surface area contributed by atoms with Crippen molar-refractivity contribution in [1.29, 1.82) is 0 Å². The van der Waals surface area contributed by atoms with Crippen molar-refractivity contribution in [3.05, 3.63) is 46.9 Å². The minimum absolute atomic E-state index is 0.0516. The Kier molecular flexibility index (Phi) is 4.34. The van der Waals surface area contributed by atoms with E-state index in [1.807, 2.05) is 17.0 Å². The molecule has 1 aromatic carbocycles. The second-order valence-electron chi connectivity index (χ2n) is 6.82. The fraction of sp³-hybridized carbons (Fsp3) is 0.421. The molecule has 0 radical (unpaired) electrons. The van der Waals surface area contributed by atoms with Gasteiger partial charge in [-0.25, -0.2) is 9.97 Å². The van der Waals surface area contributed by atoms with Crippen LogP contribution in [0.15, 0.2) is 30.3 Å². The van der Waals surface area contributed by atoms with Gasteiger partial charge in [0.05, 0.1) is 6.04 Å². The van der Waals surface area contributed by atoms with Crippen molar-refractivity contribution in [2.24, 2.45) is 0 Å². The van der Waals surface area contributed by atoms with Crippen LogP contribution >= 0.6 is 11.6 Å². The predicted molar refractivity (Wildman–Crippen MR) is 99.1 cm³/mol. The Bertz CT molecular complexity index is 806. The van der Waals surface area contributed by atoms with Crippen LogP contribution < -0.4 is 10.2 Å². The van der Waals surface area contributed by atoms with Gasteiger partial charge in [0.2, 0.25) is 5.91 Å². The maximum Gasteiger partial charge on any atom is 0.227 e. The van der Waals surface area contributed by atoms with E-state index in [1.165, 1.54) is 0 Å². The smallest absolute Gasteiger partial charge is 0.227 e. The molecule has 1 aromatic heterocycles. The molecule has 6 heteroatoms. The van der Waals surface area contributed by atoms with Crippen LogP contribution in [0.3, 0.4) is 0 Å². The molecule has 1 unspecified atom stereocenters. The molecule has 5 nitrogen and oxygen atoms in total. The van der Waals surface area contributed by atoms with E-state index in [0.29, 0.717) is 17.5 Å². The van der Waals surface area contributed by atoms with Gasteiger partial charge in [-0.05, 0) is 43.9 Å². The second kappa shape index (κ2) is 6.64. The van der Waals surface area contributed by atoms with E-state index in [1.54, 1.807) is 6.07 Å². The van der Waals surface area contributed by atoms with Gasteiger partial charge in [0, 0.05) is 30.6 Å². The number of anilines is 2. The molecule has 4 rings (SSSR count). The number of hydrogen-bond acceptors (Lipinski definition) is 4. The van der Waals surface area contributed by atoms with E-state index in [0.717, 1.165) is 48.7 Å². The van der Waals surface area contributed by atoms with E-state index in [-0.39, 0.29) is 11.9 Å². The first-order valence-electron chi connectivity index (χ1n) is 8.81. The van der Waals surface area contributed by atoms with Crippen LogP contribution in [0.4, 0.5) is 11.5 Å². The normalized spacial score (nSPS) is 18.5. The van der Waals surface area contributed by atoms with Crippen molar-refractivity contribution in [3.63, 3.8) is 0 Å². The van der Waals surface area contributed by atoms with Crippen molar-refractivity contribution in [3.8, 4) is 0 Å². The van der Waals surface area contributed by atoms with Crippen LogP contribution in [0.25, 0.3) is 0 Å². The highest BCUT2D eigenvalue weighted by atomic mass is 35.5. The Morgan fingerprint density at radius 3 is 2.84 bits per heavy atom. The molecule has 130 valence electrons. The largest absolute Gasteiger partial charge is 0.363 e. The lowest BCUT2D eigenvalue weighted by Crippen LogP contribution is -2.23. The molecule has 1 aliphatic heterocycles. The van der Waals surface area contributed by atoms with Gasteiger partial charge in [-0.15, -0.1) is 0 Å². The summed E-state index contributed by atoms with van der Waals surface area (Å²) in [5, 5.41) is 3.89. The number of rotatable bonds is 5. The molecular weight excluding hydrogens is 336 g/mol. The highest BCUT2D eigenvalue weighted by Gasteiger charge is 2.27. The summed E-state index contributed by atoms with van der Waals surface area (Å²) in [5.74, 6) is 2.24. The average Bonchev–Trinajstić information content (AvgIpc) is 3.36. The monoisotopic (exact) mass is 356 g/mol. The van der Waals surface area contributed by atoms with E-state index < -0.39 is 0 Å². The van der Waals surface area contributed by atoms with Crippen LogP contribution in [0.2, 0.25) is 5.15 Å². The summed E-state index contributed by atoms with van der Waals surface area (Å²) in [6.45, 7) is 2.88. The first-order valence-corrected chi connectivity index (χ1v) is 9.19. The summed E-state index contributed by atoms with van der Waals surface area (Å²) in [6, 6.07) is 9.94. The number of carbonyl (C=O) groups excluding carboxylic acids is 1. The molecule has 1 saturated carbocycles. The number of nitrogens with one attached hydrogen (secondary N) is 1. The van der Waals surface area contributed by atoms with E-state index in [2.05, 4.69) is 34.3 Å². The lowest BCUT2D eigenvalue weighted by molar-refractivity contribution is -0.117. The molecule has 0 bridgehead atoms. The van der Waals surface area contributed by atoms with Crippen LogP contribution in [0, 0.1) is 0 Å². The zero-order valence-electron chi connectivity index (χ0n) is 14.2. The third kappa shape index (κ3) is 3.61. The van der Waals surface area contributed by atoms with Gasteiger partial charge in [-0.1, -0.05) is 23.7 Å². The minimum Gasteiger partial charge on any atom is -0.363 e.